The summed E-state index contributed by atoms with van der Waals surface area (Å²) in [5.41, 5.74) is 0.790. The van der Waals surface area contributed by atoms with Gasteiger partial charge in [-0.1, -0.05) is 36.4 Å². The first kappa shape index (κ1) is 20.8. The Morgan fingerprint density at radius 3 is 2.07 bits per heavy atom. The van der Waals surface area contributed by atoms with Gasteiger partial charge in [0.25, 0.3) is 0 Å². The summed E-state index contributed by atoms with van der Waals surface area (Å²) in [6.07, 6.45) is 3.00. The number of para-hydroxylation sites is 1. The number of allylic oxidation sites excluding steroid dienone is 1. The van der Waals surface area contributed by atoms with Crippen LogP contribution < -0.4 is 18.9 Å². The van der Waals surface area contributed by atoms with Gasteiger partial charge >= 0.3 is 0 Å². The maximum Gasteiger partial charge on any atom is 0.204 e. The topological polar surface area (TPSA) is 74.2 Å². The van der Waals surface area contributed by atoms with Crippen molar-refractivity contribution >= 4 is 11.9 Å². The molecule has 154 valence electrons. The fraction of sp³-hybridized carbons (Fsp3) is 0.125. The van der Waals surface area contributed by atoms with E-state index in [9.17, 15) is 9.90 Å². The van der Waals surface area contributed by atoms with Crippen LogP contribution in [-0.2, 0) is 0 Å². The zero-order valence-electron chi connectivity index (χ0n) is 16.9. The SMILES string of the molecule is COc1cc(O)c(C(=O)/C=C/c2ccc(Oc3ccccc3)cc2)c(OC)c1OC. The Labute approximate surface area is 174 Å². The van der Waals surface area contributed by atoms with Crippen molar-refractivity contribution in [2.24, 2.45) is 0 Å². The molecule has 0 fully saturated rings. The molecule has 0 radical (unpaired) electrons. The summed E-state index contributed by atoms with van der Waals surface area (Å²) in [7, 11) is 4.26. The minimum Gasteiger partial charge on any atom is -0.507 e. The van der Waals surface area contributed by atoms with E-state index in [1.165, 1.54) is 33.5 Å². The van der Waals surface area contributed by atoms with Crippen molar-refractivity contribution in [1.29, 1.82) is 0 Å². The highest BCUT2D eigenvalue weighted by molar-refractivity contribution is 6.11. The summed E-state index contributed by atoms with van der Waals surface area (Å²) < 4.78 is 21.5. The van der Waals surface area contributed by atoms with E-state index < -0.39 is 5.78 Å². The molecule has 3 aromatic carbocycles. The van der Waals surface area contributed by atoms with Crippen molar-refractivity contribution in [2.75, 3.05) is 21.3 Å². The normalized spacial score (nSPS) is 10.6. The highest BCUT2D eigenvalue weighted by Gasteiger charge is 2.24. The molecule has 30 heavy (non-hydrogen) atoms. The van der Waals surface area contributed by atoms with Crippen LogP contribution in [0.15, 0.2) is 66.7 Å². The lowest BCUT2D eigenvalue weighted by molar-refractivity contribution is 0.104. The number of ketones is 1. The van der Waals surface area contributed by atoms with Gasteiger partial charge in [-0.15, -0.1) is 0 Å². The quantitative estimate of drug-likeness (QED) is 0.414. The lowest BCUT2D eigenvalue weighted by atomic mass is 10.0. The Bertz CT molecular complexity index is 1040. The number of methoxy groups -OCH3 is 3. The summed E-state index contributed by atoms with van der Waals surface area (Å²) in [6, 6.07) is 18.1. The van der Waals surface area contributed by atoms with Crippen LogP contribution in [0.1, 0.15) is 15.9 Å². The summed E-state index contributed by atoms with van der Waals surface area (Å²) >= 11 is 0. The van der Waals surface area contributed by atoms with Gasteiger partial charge in [0, 0.05) is 6.07 Å². The molecule has 6 heteroatoms. The molecular weight excluding hydrogens is 384 g/mol. The predicted octanol–water partition coefficient (Wildman–Crippen LogP) is 5.11. The van der Waals surface area contributed by atoms with Gasteiger partial charge in [-0.3, -0.25) is 4.79 Å². The van der Waals surface area contributed by atoms with Gasteiger partial charge in [0.1, 0.15) is 22.8 Å². The molecule has 0 saturated carbocycles. The molecule has 3 aromatic rings. The van der Waals surface area contributed by atoms with Crippen LogP contribution in [0.4, 0.5) is 0 Å². The fourth-order valence-electron chi connectivity index (χ4n) is 2.91. The van der Waals surface area contributed by atoms with Crippen molar-refractivity contribution in [3.63, 3.8) is 0 Å². The largest absolute Gasteiger partial charge is 0.507 e. The van der Waals surface area contributed by atoms with E-state index in [1.807, 2.05) is 54.6 Å². The Morgan fingerprint density at radius 2 is 1.47 bits per heavy atom. The molecule has 1 N–H and O–H groups in total. The summed E-state index contributed by atoms with van der Waals surface area (Å²) in [5.74, 6) is 1.34. The number of ether oxygens (including phenoxy) is 4. The molecule has 0 aliphatic heterocycles. The van der Waals surface area contributed by atoms with Crippen LogP contribution in [0.2, 0.25) is 0 Å². The molecule has 6 nitrogen and oxygen atoms in total. The third-order valence-corrected chi connectivity index (χ3v) is 4.34. The van der Waals surface area contributed by atoms with Crippen molar-refractivity contribution in [3.05, 3.63) is 77.9 Å². The van der Waals surface area contributed by atoms with Gasteiger partial charge in [0.15, 0.2) is 17.3 Å². The number of phenolic OH excluding ortho intramolecular Hbond substituents is 1. The molecule has 0 saturated heterocycles. The first-order chi connectivity index (χ1) is 14.6. The zero-order chi connectivity index (χ0) is 21.5. The van der Waals surface area contributed by atoms with Crippen LogP contribution in [0, 0.1) is 0 Å². The summed E-state index contributed by atoms with van der Waals surface area (Å²) in [6.45, 7) is 0. The van der Waals surface area contributed by atoms with Crippen LogP contribution in [-0.4, -0.2) is 32.2 Å². The van der Waals surface area contributed by atoms with E-state index >= 15 is 0 Å². The van der Waals surface area contributed by atoms with Crippen LogP contribution >= 0.6 is 0 Å². The molecular formula is C24H22O6. The van der Waals surface area contributed by atoms with E-state index in [-0.39, 0.29) is 28.6 Å². The average molecular weight is 406 g/mol. The minimum absolute atomic E-state index is 0.00423. The molecule has 0 unspecified atom stereocenters. The van der Waals surface area contributed by atoms with E-state index in [2.05, 4.69) is 0 Å². The number of hydrogen-bond acceptors (Lipinski definition) is 6. The predicted molar refractivity (Wildman–Crippen MR) is 114 cm³/mol. The standard InChI is InChI=1S/C24H22O6/c1-27-21-15-20(26)22(24(29-3)23(21)28-2)19(25)14-11-16-9-12-18(13-10-16)30-17-7-5-4-6-8-17/h4-15,26H,1-3H3/b14-11+. The van der Waals surface area contributed by atoms with Crippen LogP contribution in [0.25, 0.3) is 6.08 Å². The van der Waals surface area contributed by atoms with E-state index in [1.54, 1.807) is 6.08 Å². The number of carbonyl (C=O) groups is 1. The van der Waals surface area contributed by atoms with Gasteiger partial charge < -0.3 is 24.1 Å². The number of aromatic hydroxyl groups is 1. The second-order valence-corrected chi connectivity index (χ2v) is 6.22. The van der Waals surface area contributed by atoms with Gasteiger partial charge in [-0.2, -0.15) is 0 Å². The first-order valence-corrected chi connectivity index (χ1v) is 9.14. The number of phenols is 1. The summed E-state index contributed by atoms with van der Waals surface area (Å²) in [5, 5.41) is 10.3. The molecule has 0 aliphatic rings. The van der Waals surface area contributed by atoms with Crippen LogP contribution in [0.5, 0.6) is 34.5 Å². The number of rotatable bonds is 8. The first-order valence-electron chi connectivity index (χ1n) is 9.14. The number of carbonyl (C=O) groups excluding carboxylic acids is 1. The molecule has 0 atom stereocenters. The maximum absolute atomic E-state index is 12.7. The van der Waals surface area contributed by atoms with Crippen molar-refractivity contribution in [1.82, 2.24) is 0 Å². The Kier molecular flexibility index (Phi) is 6.60. The fourth-order valence-corrected chi connectivity index (χ4v) is 2.91. The molecule has 0 aromatic heterocycles. The smallest absolute Gasteiger partial charge is 0.204 e. The van der Waals surface area contributed by atoms with E-state index in [4.69, 9.17) is 18.9 Å². The second kappa shape index (κ2) is 9.52. The van der Waals surface area contributed by atoms with Gasteiger partial charge in [0.2, 0.25) is 5.75 Å². The van der Waals surface area contributed by atoms with Crippen molar-refractivity contribution in [3.8, 4) is 34.5 Å². The third kappa shape index (κ3) is 4.55. The number of hydrogen-bond donors (Lipinski definition) is 1. The molecule has 0 aliphatic carbocycles. The van der Waals surface area contributed by atoms with E-state index in [0.717, 1.165) is 11.3 Å². The van der Waals surface area contributed by atoms with Gasteiger partial charge in [-0.05, 0) is 35.9 Å². The third-order valence-electron chi connectivity index (χ3n) is 4.34. The van der Waals surface area contributed by atoms with Gasteiger partial charge in [-0.25, -0.2) is 0 Å². The zero-order valence-corrected chi connectivity index (χ0v) is 16.9. The van der Waals surface area contributed by atoms with Crippen molar-refractivity contribution < 1.29 is 28.8 Å². The number of benzene rings is 3. The Balaban J connectivity index is 1.80. The monoisotopic (exact) mass is 406 g/mol. The average Bonchev–Trinajstić information content (AvgIpc) is 2.78. The lowest BCUT2D eigenvalue weighted by Crippen LogP contribution is -2.03. The minimum atomic E-state index is -0.435. The molecule has 0 amide bonds. The Hall–Kier alpha value is -3.93. The van der Waals surface area contributed by atoms with Gasteiger partial charge in [0.05, 0.1) is 21.3 Å². The molecule has 3 rings (SSSR count). The molecule has 0 heterocycles. The molecule has 0 spiro atoms. The highest BCUT2D eigenvalue weighted by Crippen LogP contribution is 2.44. The molecule has 0 bridgehead atoms. The van der Waals surface area contributed by atoms with Crippen LogP contribution in [0.3, 0.4) is 0 Å². The highest BCUT2D eigenvalue weighted by atomic mass is 16.5. The van der Waals surface area contributed by atoms with E-state index in [0.29, 0.717) is 5.75 Å². The summed E-state index contributed by atoms with van der Waals surface area (Å²) in [4.78, 5) is 12.7. The lowest BCUT2D eigenvalue weighted by Gasteiger charge is -2.15. The maximum atomic E-state index is 12.7. The second-order valence-electron chi connectivity index (χ2n) is 6.22. The Morgan fingerprint density at radius 1 is 0.833 bits per heavy atom. The van der Waals surface area contributed by atoms with Crippen molar-refractivity contribution in [2.45, 2.75) is 0 Å².